The summed E-state index contributed by atoms with van der Waals surface area (Å²) in [6, 6.07) is 12.5. The van der Waals surface area contributed by atoms with Gasteiger partial charge in [-0.3, -0.25) is 16.4 Å². The van der Waals surface area contributed by atoms with Gasteiger partial charge in [-0.25, -0.2) is 15.0 Å². The van der Waals surface area contributed by atoms with Gasteiger partial charge in [0.1, 0.15) is 23.5 Å². The molecule has 3 aromatic rings. The van der Waals surface area contributed by atoms with Gasteiger partial charge in [0, 0.05) is 32.7 Å². The van der Waals surface area contributed by atoms with Crippen LogP contribution in [0.3, 0.4) is 0 Å². The number of ether oxygens (including phenoxy) is 1. The Morgan fingerprint density at radius 3 is 1.82 bits per heavy atom. The molecule has 4 N–H and O–H groups in total. The Kier molecular flexibility index (Phi) is 31.7. The fourth-order valence-corrected chi connectivity index (χ4v) is 2.66. The van der Waals surface area contributed by atoms with Gasteiger partial charge < -0.3 is 20.7 Å². The average Bonchev–Trinajstić information content (AvgIpc) is 3.52. The number of anilines is 1. The number of hydrogen-bond acceptors (Lipinski definition) is 7. The summed E-state index contributed by atoms with van der Waals surface area (Å²) in [5, 5.41) is 19.9. The summed E-state index contributed by atoms with van der Waals surface area (Å²) in [5.74, 6) is 5.45. The molecule has 8 nitrogen and oxygen atoms in total. The minimum Gasteiger partial charge on any atom is -0.388 e. The Balaban J connectivity index is -0.000000285. The summed E-state index contributed by atoms with van der Waals surface area (Å²) in [7, 11) is 0. The maximum absolute atomic E-state index is 10.1. The fourth-order valence-electron chi connectivity index (χ4n) is 2.66. The fraction of sp³-hybridized carbons (Fsp3) is 0.517. The number of rotatable bonds is 1. The second-order valence-electron chi connectivity index (χ2n) is 5.85. The van der Waals surface area contributed by atoms with Crippen molar-refractivity contribution < 1.29 is 47.7 Å². The van der Waals surface area contributed by atoms with E-state index in [1.807, 2.05) is 99.6 Å². The third-order valence-electron chi connectivity index (χ3n) is 4.01. The molecule has 0 bridgehead atoms. The number of nitrogens with zero attached hydrogens (tertiary/aromatic N) is 4. The number of aromatic nitrogens is 4. The molecule has 1 fully saturated rings. The summed E-state index contributed by atoms with van der Waals surface area (Å²) in [5.41, 5.74) is 6.58. The quantitative estimate of drug-likeness (QED) is 0.236. The largest absolute Gasteiger partial charge is 0.388 e. The molecule has 4 rings (SSSR count). The minimum absolute atomic E-state index is 0. The van der Waals surface area contributed by atoms with Crippen molar-refractivity contribution in [1.82, 2.24) is 19.5 Å². The van der Waals surface area contributed by atoms with Crippen molar-refractivity contribution >= 4 is 17.0 Å². The molecule has 0 aliphatic carbocycles. The van der Waals surface area contributed by atoms with Crippen molar-refractivity contribution in [2.45, 2.75) is 101 Å². The summed E-state index contributed by atoms with van der Waals surface area (Å²) in [6.07, 6.45) is -1.92. The number of benzene rings is 1. The summed E-state index contributed by atoms with van der Waals surface area (Å²) in [4.78, 5) is 12.4. The number of fused-ring (bicyclic) bond motifs is 1. The van der Waals surface area contributed by atoms with Gasteiger partial charge in [-0.2, -0.15) is 43.3 Å². The molecule has 213 valence electrons. The van der Waals surface area contributed by atoms with Crippen molar-refractivity contribution in [2.75, 3.05) is 5.73 Å². The zero-order valence-corrected chi connectivity index (χ0v) is 28.1. The molecule has 1 aromatic carbocycles. The van der Waals surface area contributed by atoms with Crippen LogP contribution in [0.5, 0.6) is 0 Å². The molecule has 1 aliphatic rings. The summed E-state index contributed by atoms with van der Waals surface area (Å²) >= 11 is 0. The van der Waals surface area contributed by atoms with E-state index in [-0.39, 0.29) is 44.4 Å². The van der Waals surface area contributed by atoms with Crippen molar-refractivity contribution in [3.05, 3.63) is 55.5 Å². The van der Waals surface area contributed by atoms with Crippen LogP contribution in [0.1, 0.15) is 88.2 Å². The third kappa shape index (κ3) is 13.7. The molecule has 2 aromatic heterocycles. The van der Waals surface area contributed by atoms with Gasteiger partial charge in [-0.15, -0.1) is 0 Å². The van der Waals surface area contributed by atoms with E-state index in [0.717, 1.165) is 0 Å². The van der Waals surface area contributed by atoms with Crippen LogP contribution < -0.4 is 5.73 Å². The summed E-state index contributed by atoms with van der Waals surface area (Å²) in [6.45, 7) is 25.1. The van der Waals surface area contributed by atoms with E-state index >= 15 is 0 Å². The predicted octanol–water partition coefficient (Wildman–Crippen LogP) is 5.85. The van der Waals surface area contributed by atoms with Crippen LogP contribution in [-0.2, 0) is 37.4 Å². The Labute approximate surface area is 256 Å². The van der Waals surface area contributed by atoms with E-state index in [1.165, 1.54) is 10.9 Å². The Morgan fingerprint density at radius 2 is 1.45 bits per heavy atom. The molecule has 0 amide bonds. The Hall–Kier alpha value is -2.02. The van der Waals surface area contributed by atoms with Crippen molar-refractivity contribution in [3.8, 4) is 11.8 Å². The van der Waals surface area contributed by atoms with Gasteiger partial charge in [0.2, 0.25) is 0 Å². The molecule has 1 saturated heterocycles. The van der Waals surface area contributed by atoms with E-state index in [1.54, 1.807) is 6.92 Å². The Morgan fingerprint density at radius 1 is 0.921 bits per heavy atom. The standard InChI is InChI=1S/C13H14N5O3.C6H5.5C2H6.Y/c1-3-4-7-16-11(14)8-12(17-7)18(5-15-8)13-10(20)9(19)6(2)21-13;1-2-4-6-5-3-1;5*1-2;/h5-6,9-10,13,19-20H,1H2,2H3,(H2,14,16,17);1-5H;5*1-2H3;/q2*-1;;;;;;. The van der Waals surface area contributed by atoms with Gasteiger partial charge in [0.05, 0.1) is 12.4 Å². The molecular weight excluding hydrogens is 555 g/mol. The van der Waals surface area contributed by atoms with Gasteiger partial charge in [-0.1, -0.05) is 69.2 Å². The number of nitrogen functional groups attached to an aromatic ring is 1. The maximum Gasteiger partial charge on any atom is 0.167 e. The second-order valence-corrected chi connectivity index (χ2v) is 5.85. The van der Waals surface area contributed by atoms with Gasteiger partial charge in [-0.05, 0) is 6.92 Å². The summed E-state index contributed by atoms with van der Waals surface area (Å²) < 4.78 is 7.06. The zero-order chi connectivity index (χ0) is 29.4. The number of hydrogen-bond donors (Lipinski definition) is 3. The van der Waals surface area contributed by atoms with Crippen molar-refractivity contribution in [3.63, 3.8) is 0 Å². The first-order valence-electron chi connectivity index (χ1n) is 13.2. The predicted molar refractivity (Wildman–Crippen MR) is 156 cm³/mol. The first-order chi connectivity index (χ1) is 18.0. The molecule has 9 heteroatoms. The topological polar surface area (TPSA) is 119 Å². The van der Waals surface area contributed by atoms with E-state index in [9.17, 15) is 10.2 Å². The average molecular weight is 605 g/mol. The zero-order valence-electron chi connectivity index (χ0n) is 25.2. The van der Waals surface area contributed by atoms with E-state index in [0.29, 0.717) is 11.2 Å². The van der Waals surface area contributed by atoms with Crippen LogP contribution in [0, 0.1) is 24.8 Å². The maximum atomic E-state index is 10.1. The van der Waals surface area contributed by atoms with E-state index < -0.39 is 24.5 Å². The van der Waals surface area contributed by atoms with Gasteiger partial charge in [0.25, 0.3) is 0 Å². The van der Waals surface area contributed by atoms with Crippen molar-refractivity contribution in [1.29, 1.82) is 0 Å². The van der Waals surface area contributed by atoms with Crippen molar-refractivity contribution in [2.24, 2.45) is 0 Å². The van der Waals surface area contributed by atoms with Crippen LogP contribution in [0.4, 0.5) is 5.82 Å². The smallest absolute Gasteiger partial charge is 0.167 e. The van der Waals surface area contributed by atoms with Crippen LogP contribution in [0.25, 0.3) is 11.2 Å². The van der Waals surface area contributed by atoms with E-state index in [4.69, 9.17) is 10.5 Å². The second kappa shape index (κ2) is 28.0. The van der Waals surface area contributed by atoms with Crippen LogP contribution >= 0.6 is 0 Å². The molecule has 3 heterocycles. The first-order valence-corrected chi connectivity index (χ1v) is 13.2. The SMILES string of the molecule is CC.CC.CC.CC.CC.[CH2-]C#Cc1nc(N)c2ncn(C3OC(C)C(O)C3O)c2n1.[Y].[c-]1ccccc1. The molecule has 0 saturated carbocycles. The monoisotopic (exact) mass is 604 g/mol. The molecule has 4 unspecified atom stereocenters. The van der Waals surface area contributed by atoms with Crippen LogP contribution in [0.2, 0.25) is 0 Å². The van der Waals surface area contributed by atoms with Gasteiger partial charge >= 0.3 is 0 Å². The first kappa shape index (κ1) is 43.1. The molecule has 1 aliphatic heterocycles. The van der Waals surface area contributed by atoms with Crippen LogP contribution in [-0.4, -0.2) is 48.0 Å². The molecular formula is C29H49N5O3Y-2. The minimum atomic E-state index is -1.09. The molecule has 1 radical (unpaired) electrons. The van der Waals surface area contributed by atoms with E-state index in [2.05, 4.69) is 39.8 Å². The number of imidazole rings is 1. The van der Waals surface area contributed by atoms with Gasteiger partial charge in [0.15, 0.2) is 17.7 Å². The number of aliphatic hydroxyl groups excluding tert-OH is 2. The normalized spacial score (nSPS) is 17.8. The molecule has 38 heavy (non-hydrogen) atoms. The Bertz CT molecular complexity index is 948. The third-order valence-corrected chi connectivity index (χ3v) is 4.01. The van der Waals surface area contributed by atoms with Crippen LogP contribution in [0.15, 0.2) is 36.7 Å². The number of aliphatic hydroxyl groups is 2. The molecule has 0 spiro atoms. The molecule has 4 atom stereocenters. The number of nitrogens with two attached hydrogens (primary N) is 1.